The van der Waals surface area contributed by atoms with Gasteiger partial charge in [0, 0.05) is 54.4 Å². The number of fused-ring (bicyclic) bond motifs is 1. The van der Waals surface area contributed by atoms with Crippen LogP contribution in [0.1, 0.15) is 24.0 Å². The summed E-state index contributed by atoms with van der Waals surface area (Å²) < 4.78 is 26.0. The fourth-order valence-electron chi connectivity index (χ4n) is 4.44. The highest BCUT2D eigenvalue weighted by atomic mass is 35.5. The largest absolute Gasteiger partial charge is 0.312 e. The molecule has 4 rings (SSSR count). The Hall–Kier alpha value is -1.64. The van der Waals surface area contributed by atoms with Crippen LogP contribution in [0.2, 0.25) is 10.0 Å². The van der Waals surface area contributed by atoms with Crippen LogP contribution in [0.5, 0.6) is 0 Å². The lowest BCUT2D eigenvalue weighted by Gasteiger charge is -2.33. The molecule has 1 amide bonds. The Morgan fingerprint density at radius 2 is 1.72 bits per heavy atom. The number of likely N-dealkylation sites (tertiary alicyclic amines) is 1. The van der Waals surface area contributed by atoms with Crippen molar-refractivity contribution in [2.24, 2.45) is 5.92 Å². The molecule has 1 saturated heterocycles. The van der Waals surface area contributed by atoms with Crippen LogP contribution >= 0.6 is 23.2 Å². The van der Waals surface area contributed by atoms with E-state index < -0.39 is 10.0 Å². The van der Waals surface area contributed by atoms with Crippen molar-refractivity contribution in [3.63, 3.8) is 0 Å². The Morgan fingerprint density at radius 1 is 1.06 bits per heavy atom. The van der Waals surface area contributed by atoms with Crippen molar-refractivity contribution in [1.29, 1.82) is 0 Å². The highest BCUT2D eigenvalue weighted by Gasteiger charge is 2.33. The highest BCUT2D eigenvalue weighted by Crippen LogP contribution is 2.34. The zero-order valence-corrected chi connectivity index (χ0v) is 20.6. The van der Waals surface area contributed by atoms with E-state index in [4.69, 9.17) is 23.2 Å². The number of hydrogen-bond donors (Lipinski definition) is 0. The van der Waals surface area contributed by atoms with Crippen LogP contribution in [0.4, 0.5) is 5.69 Å². The molecule has 0 aliphatic carbocycles. The van der Waals surface area contributed by atoms with Gasteiger partial charge < -0.3 is 4.90 Å². The van der Waals surface area contributed by atoms with Gasteiger partial charge in [-0.25, -0.2) is 12.7 Å². The van der Waals surface area contributed by atoms with E-state index >= 15 is 0 Å². The van der Waals surface area contributed by atoms with Crippen molar-refractivity contribution >= 4 is 44.8 Å². The Balaban J connectivity index is 1.41. The van der Waals surface area contributed by atoms with Crippen LogP contribution < -0.4 is 4.90 Å². The van der Waals surface area contributed by atoms with Crippen LogP contribution in [-0.2, 0) is 27.8 Å². The lowest BCUT2D eigenvalue weighted by atomic mass is 9.95. The fourth-order valence-corrected chi connectivity index (χ4v) is 5.91. The van der Waals surface area contributed by atoms with Crippen molar-refractivity contribution in [1.82, 2.24) is 9.21 Å². The van der Waals surface area contributed by atoms with Gasteiger partial charge in [-0.15, -0.1) is 0 Å². The molecule has 1 fully saturated rings. The number of piperidine rings is 1. The molecule has 2 heterocycles. The Labute approximate surface area is 199 Å². The standard InChI is InChI=1S/C23H27Cl2N3O3S/c1-26(2)32(30,31)18-6-7-22-17(14-18)10-13-28(22)23(29)16-8-11-27(12-9-16)15-19-20(24)4-3-5-21(19)25/h3-7,14,16H,8-13,15H2,1-2H3. The molecule has 0 aromatic heterocycles. The SMILES string of the molecule is CN(C)S(=O)(=O)c1ccc2c(c1)CCN2C(=O)C1CCN(Cc2c(Cl)cccc2Cl)CC1. The van der Waals surface area contributed by atoms with Crippen LogP contribution in [-0.4, -0.2) is 57.3 Å². The first kappa shape index (κ1) is 23.5. The maximum absolute atomic E-state index is 13.3. The van der Waals surface area contributed by atoms with Gasteiger partial charge in [0.05, 0.1) is 4.90 Å². The first-order chi connectivity index (χ1) is 15.2. The predicted molar refractivity (Wildman–Crippen MR) is 128 cm³/mol. The van der Waals surface area contributed by atoms with Crippen molar-refractivity contribution in [2.75, 3.05) is 38.6 Å². The van der Waals surface area contributed by atoms with Crippen LogP contribution in [0.25, 0.3) is 0 Å². The topological polar surface area (TPSA) is 60.9 Å². The Kier molecular flexibility index (Phi) is 6.84. The smallest absolute Gasteiger partial charge is 0.242 e. The summed E-state index contributed by atoms with van der Waals surface area (Å²) in [6, 6.07) is 10.6. The molecule has 6 nitrogen and oxygen atoms in total. The summed E-state index contributed by atoms with van der Waals surface area (Å²) in [6.45, 7) is 2.88. The van der Waals surface area contributed by atoms with Gasteiger partial charge in [0.25, 0.3) is 0 Å². The quantitative estimate of drug-likeness (QED) is 0.627. The second kappa shape index (κ2) is 9.31. The number of anilines is 1. The van der Waals surface area contributed by atoms with E-state index in [9.17, 15) is 13.2 Å². The number of carbonyl (C=O) groups excluding carboxylic acids is 1. The predicted octanol–water partition coefficient (Wildman–Crippen LogP) is 4.05. The molecule has 0 spiro atoms. The molecule has 0 N–H and O–H groups in total. The number of hydrogen-bond acceptors (Lipinski definition) is 4. The fraction of sp³-hybridized carbons (Fsp3) is 0.435. The first-order valence-electron chi connectivity index (χ1n) is 10.7. The second-order valence-electron chi connectivity index (χ2n) is 8.57. The number of amides is 1. The summed E-state index contributed by atoms with van der Waals surface area (Å²) in [5, 5.41) is 1.33. The van der Waals surface area contributed by atoms with Gasteiger partial charge in [-0.1, -0.05) is 29.3 Å². The van der Waals surface area contributed by atoms with E-state index in [1.807, 2.05) is 23.1 Å². The zero-order valence-electron chi connectivity index (χ0n) is 18.2. The number of carbonyl (C=O) groups is 1. The van der Waals surface area contributed by atoms with E-state index in [0.717, 1.165) is 42.7 Å². The molecule has 32 heavy (non-hydrogen) atoms. The molecule has 0 unspecified atom stereocenters. The molecule has 172 valence electrons. The van der Waals surface area contributed by atoms with Gasteiger partial charge in [0.2, 0.25) is 15.9 Å². The first-order valence-corrected chi connectivity index (χ1v) is 12.9. The molecule has 2 aromatic rings. The summed E-state index contributed by atoms with van der Waals surface area (Å²) in [5.41, 5.74) is 2.67. The lowest BCUT2D eigenvalue weighted by Crippen LogP contribution is -2.42. The van der Waals surface area contributed by atoms with Crippen LogP contribution in [0.3, 0.4) is 0 Å². The highest BCUT2D eigenvalue weighted by molar-refractivity contribution is 7.89. The van der Waals surface area contributed by atoms with E-state index in [1.165, 1.54) is 18.4 Å². The van der Waals surface area contributed by atoms with E-state index in [1.54, 1.807) is 18.2 Å². The van der Waals surface area contributed by atoms with Crippen molar-refractivity contribution in [2.45, 2.75) is 30.7 Å². The maximum atomic E-state index is 13.3. The van der Waals surface area contributed by atoms with Crippen LogP contribution in [0, 0.1) is 5.92 Å². The molecule has 0 atom stereocenters. The molecule has 0 bridgehead atoms. The van der Waals surface area contributed by atoms with Crippen molar-refractivity contribution < 1.29 is 13.2 Å². The Morgan fingerprint density at radius 3 is 2.34 bits per heavy atom. The molecule has 2 aliphatic heterocycles. The number of rotatable bonds is 5. The summed E-state index contributed by atoms with van der Waals surface area (Å²) in [4.78, 5) is 17.6. The van der Waals surface area contributed by atoms with Crippen molar-refractivity contribution in [3.05, 3.63) is 57.6 Å². The molecular formula is C23H27Cl2N3O3S. The van der Waals surface area contributed by atoms with Gasteiger partial charge in [-0.3, -0.25) is 9.69 Å². The van der Waals surface area contributed by atoms with Gasteiger partial charge in [0.1, 0.15) is 0 Å². The number of benzene rings is 2. The maximum Gasteiger partial charge on any atom is 0.242 e. The minimum atomic E-state index is -3.49. The average molecular weight is 496 g/mol. The summed E-state index contributed by atoms with van der Waals surface area (Å²) in [7, 11) is -0.453. The number of sulfonamides is 1. The van der Waals surface area contributed by atoms with Gasteiger partial charge in [-0.05, 0) is 68.2 Å². The summed E-state index contributed by atoms with van der Waals surface area (Å²) >= 11 is 12.6. The minimum absolute atomic E-state index is 0.0379. The van der Waals surface area contributed by atoms with Crippen LogP contribution in [0.15, 0.2) is 41.3 Å². The van der Waals surface area contributed by atoms with Crippen molar-refractivity contribution in [3.8, 4) is 0 Å². The molecule has 2 aromatic carbocycles. The molecule has 9 heteroatoms. The second-order valence-corrected chi connectivity index (χ2v) is 11.5. The third-order valence-corrected chi connectivity index (χ3v) is 8.89. The zero-order chi connectivity index (χ0) is 23.0. The number of halogens is 2. The van der Waals surface area contributed by atoms with Gasteiger partial charge in [-0.2, -0.15) is 0 Å². The minimum Gasteiger partial charge on any atom is -0.312 e. The number of nitrogens with zero attached hydrogens (tertiary/aromatic N) is 3. The van der Waals surface area contributed by atoms with Gasteiger partial charge in [0.15, 0.2) is 0 Å². The molecular weight excluding hydrogens is 469 g/mol. The average Bonchev–Trinajstić information content (AvgIpc) is 3.19. The van der Waals surface area contributed by atoms with E-state index in [-0.39, 0.29) is 16.7 Å². The molecule has 0 radical (unpaired) electrons. The lowest BCUT2D eigenvalue weighted by molar-refractivity contribution is -0.123. The van der Waals surface area contributed by atoms with Gasteiger partial charge >= 0.3 is 0 Å². The Bertz CT molecular complexity index is 1110. The van der Waals surface area contributed by atoms with E-state index in [2.05, 4.69) is 4.90 Å². The molecule has 2 aliphatic rings. The third-order valence-electron chi connectivity index (χ3n) is 6.37. The summed E-state index contributed by atoms with van der Waals surface area (Å²) in [6.07, 6.45) is 2.22. The molecule has 0 saturated carbocycles. The van der Waals surface area contributed by atoms with E-state index in [0.29, 0.717) is 29.6 Å². The monoisotopic (exact) mass is 495 g/mol. The summed E-state index contributed by atoms with van der Waals surface area (Å²) in [5.74, 6) is 0.0893. The third kappa shape index (κ3) is 4.54. The normalized spacial score (nSPS) is 17.7.